The Kier molecular flexibility index (Phi) is 4.94. The average Bonchev–Trinajstić information content (AvgIpc) is 2.96. The van der Waals surface area contributed by atoms with Crippen molar-refractivity contribution < 1.29 is 4.79 Å². The number of nitrogens with one attached hydrogen (secondary N) is 1. The number of rotatable bonds is 6. The zero-order chi connectivity index (χ0) is 16.9. The molecule has 0 saturated carbocycles. The van der Waals surface area contributed by atoms with Crippen molar-refractivity contribution in [3.8, 4) is 0 Å². The van der Waals surface area contributed by atoms with Gasteiger partial charge in [0.2, 0.25) is 5.91 Å². The van der Waals surface area contributed by atoms with Gasteiger partial charge in [0.1, 0.15) is 6.04 Å². The third-order valence-electron chi connectivity index (χ3n) is 4.33. The van der Waals surface area contributed by atoms with Crippen LogP contribution in [0.3, 0.4) is 0 Å². The van der Waals surface area contributed by atoms with Gasteiger partial charge in [-0.1, -0.05) is 48.5 Å². The van der Waals surface area contributed by atoms with E-state index in [0.29, 0.717) is 6.54 Å². The average molecular weight is 321 g/mol. The first-order valence-electron chi connectivity index (χ1n) is 8.42. The maximum atomic E-state index is 12.4. The van der Waals surface area contributed by atoms with Gasteiger partial charge in [-0.25, -0.2) is 0 Å². The summed E-state index contributed by atoms with van der Waals surface area (Å²) in [5, 5.41) is 8.67. The van der Waals surface area contributed by atoms with E-state index in [0.717, 1.165) is 29.4 Å². The first-order chi connectivity index (χ1) is 11.7. The van der Waals surface area contributed by atoms with E-state index in [-0.39, 0.29) is 11.9 Å². The monoisotopic (exact) mass is 321 g/mol. The maximum absolute atomic E-state index is 12.4. The van der Waals surface area contributed by atoms with Gasteiger partial charge in [0, 0.05) is 11.9 Å². The summed E-state index contributed by atoms with van der Waals surface area (Å²) in [6.45, 7) is 4.55. The second-order valence-electron chi connectivity index (χ2n) is 6.10. The number of para-hydroxylation sites is 1. The molecule has 3 rings (SSSR count). The van der Waals surface area contributed by atoms with E-state index >= 15 is 0 Å². The lowest BCUT2D eigenvalue weighted by Crippen LogP contribution is -2.32. The minimum absolute atomic E-state index is 0.0105. The van der Waals surface area contributed by atoms with Crippen molar-refractivity contribution in [1.82, 2.24) is 15.1 Å². The molecule has 124 valence electrons. The van der Waals surface area contributed by atoms with Gasteiger partial charge in [-0.15, -0.1) is 0 Å². The molecule has 1 N–H and O–H groups in total. The minimum atomic E-state index is -0.319. The third kappa shape index (κ3) is 3.48. The minimum Gasteiger partial charge on any atom is -0.354 e. The highest BCUT2D eigenvalue weighted by Gasteiger charge is 2.18. The number of aromatic nitrogens is 2. The number of carbonyl (C=O) groups is 1. The van der Waals surface area contributed by atoms with Gasteiger partial charge in [0.15, 0.2) is 0 Å². The van der Waals surface area contributed by atoms with Gasteiger partial charge >= 0.3 is 0 Å². The van der Waals surface area contributed by atoms with E-state index in [4.69, 9.17) is 0 Å². The molecular formula is C20H23N3O. The Bertz CT molecular complexity index is 823. The summed E-state index contributed by atoms with van der Waals surface area (Å²) in [5.41, 5.74) is 3.25. The van der Waals surface area contributed by atoms with Gasteiger partial charge in [0.25, 0.3) is 0 Å². The molecule has 1 aromatic heterocycles. The van der Waals surface area contributed by atoms with Crippen LogP contribution in [0.2, 0.25) is 0 Å². The molecule has 0 fully saturated rings. The molecular weight excluding hydrogens is 298 g/mol. The van der Waals surface area contributed by atoms with Gasteiger partial charge in [-0.3, -0.25) is 9.48 Å². The van der Waals surface area contributed by atoms with Crippen LogP contribution in [0.4, 0.5) is 0 Å². The molecule has 4 nitrogen and oxygen atoms in total. The number of carbonyl (C=O) groups excluding carboxylic acids is 1. The Balaban J connectivity index is 1.58. The normalized spacial score (nSPS) is 12.2. The number of benzene rings is 2. The Hall–Kier alpha value is -2.62. The maximum Gasteiger partial charge on any atom is 0.244 e. The van der Waals surface area contributed by atoms with E-state index in [1.54, 1.807) is 0 Å². The molecule has 0 unspecified atom stereocenters. The van der Waals surface area contributed by atoms with Crippen LogP contribution in [0.5, 0.6) is 0 Å². The Morgan fingerprint density at radius 1 is 1.12 bits per heavy atom. The lowest BCUT2D eigenvalue weighted by atomic mass is 10.1. The fourth-order valence-corrected chi connectivity index (χ4v) is 2.95. The van der Waals surface area contributed by atoms with Gasteiger partial charge in [-0.05, 0) is 38.3 Å². The molecule has 0 aliphatic heterocycles. The van der Waals surface area contributed by atoms with Crippen LogP contribution in [-0.2, 0) is 11.2 Å². The van der Waals surface area contributed by atoms with Gasteiger partial charge < -0.3 is 5.32 Å². The predicted octanol–water partition coefficient (Wildman–Crippen LogP) is 3.65. The highest BCUT2D eigenvalue weighted by atomic mass is 16.2. The number of fused-ring (bicyclic) bond motifs is 1. The number of nitrogens with zero attached hydrogens (tertiary/aromatic N) is 2. The van der Waals surface area contributed by atoms with Crippen LogP contribution in [0.1, 0.15) is 30.6 Å². The van der Waals surface area contributed by atoms with Crippen LogP contribution in [0, 0.1) is 6.92 Å². The predicted molar refractivity (Wildman–Crippen MR) is 97.0 cm³/mol. The first kappa shape index (κ1) is 16.2. The van der Waals surface area contributed by atoms with Crippen molar-refractivity contribution in [3.63, 3.8) is 0 Å². The molecule has 1 atom stereocenters. The van der Waals surface area contributed by atoms with Gasteiger partial charge in [0.05, 0.1) is 11.2 Å². The second-order valence-corrected chi connectivity index (χ2v) is 6.10. The quantitative estimate of drug-likeness (QED) is 0.704. The third-order valence-corrected chi connectivity index (χ3v) is 4.33. The first-order valence-corrected chi connectivity index (χ1v) is 8.42. The fraction of sp³-hybridized carbons (Fsp3) is 0.300. The van der Waals surface area contributed by atoms with Crippen LogP contribution in [0.25, 0.3) is 10.9 Å². The topological polar surface area (TPSA) is 46.9 Å². The lowest BCUT2D eigenvalue weighted by Gasteiger charge is -2.14. The molecule has 1 heterocycles. The van der Waals surface area contributed by atoms with Crippen molar-refractivity contribution >= 4 is 16.8 Å². The summed E-state index contributed by atoms with van der Waals surface area (Å²) in [6, 6.07) is 18.0. The highest BCUT2D eigenvalue weighted by Crippen LogP contribution is 2.21. The molecule has 0 bridgehead atoms. The number of amides is 1. The van der Waals surface area contributed by atoms with Crippen LogP contribution >= 0.6 is 0 Å². The molecule has 0 radical (unpaired) electrons. The summed E-state index contributed by atoms with van der Waals surface area (Å²) < 4.78 is 1.82. The standard InChI is InChI=1S/C20H23N3O/c1-15-18-12-6-7-13-19(18)23(22-15)16(2)20(24)21-14-8-11-17-9-4-3-5-10-17/h3-7,9-10,12-13,16H,8,11,14H2,1-2H3,(H,21,24)/t16-/m0/s1. The smallest absolute Gasteiger partial charge is 0.244 e. The molecule has 0 saturated heterocycles. The summed E-state index contributed by atoms with van der Waals surface area (Å²) >= 11 is 0. The zero-order valence-electron chi connectivity index (χ0n) is 14.2. The summed E-state index contributed by atoms with van der Waals surface area (Å²) in [4.78, 5) is 12.4. The van der Waals surface area contributed by atoms with E-state index in [2.05, 4.69) is 22.5 Å². The van der Waals surface area contributed by atoms with Crippen molar-refractivity contribution in [1.29, 1.82) is 0 Å². The molecule has 24 heavy (non-hydrogen) atoms. The zero-order valence-corrected chi connectivity index (χ0v) is 14.2. The van der Waals surface area contributed by atoms with E-state index in [9.17, 15) is 4.79 Å². The molecule has 0 spiro atoms. The molecule has 3 aromatic rings. The van der Waals surface area contributed by atoms with E-state index in [1.807, 2.05) is 61.0 Å². The summed E-state index contributed by atoms with van der Waals surface area (Å²) in [5.74, 6) is 0.0105. The SMILES string of the molecule is Cc1nn([C@@H](C)C(=O)NCCCc2ccccc2)c2ccccc12. The molecule has 4 heteroatoms. The summed E-state index contributed by atoms with van der Waals surface area (Å²) in [7, 11) is 0. The van der Waals surface area contributed by atoms with Crippen molar-refractivity contribution in [3.05, 3.63) is 65.9 Å². The van der Waals surface area contributed by atoms with E-state index < -0.39 is 0 Å². The molecule has 2 aromatic carbocycles. The van der Waals surface area contributed by atoms with Crippen molar-refractivity contribution in [2.45, 2.75) is 32.7 Å². The molecule has 0 aliphatic carbocycles. The second kappa shape index (κ2) is 7.30. The Labute approximate surface area is 142 Å². The Morgan fingerprint density at radius 3 is 2.62 bits per heavy atom. The van der Waals surface area contributed by atoms with E-state index in [1.165, 1.54) is 5.56 Å². The lowest BCUT2D eigenvalue weighted by molar-refractivity contribution is -0.124. The summed E-state index contributed by atoms with van der Waals surface area (Å²) in [6.07, 6.45) is 1.90. The van der Waals surface area contributed by atoms with Crippen LogP contribution < -0.4 is 5.32 Å². The largest absolute Gasteiger partial charge is 0.354 e. The van der Waals surface area contributed by atoms with Crippen LogP contribution in [0.15, 0.2) is 54.6 Å². The molecule has 1 amide bonds. The highest BCUT2D eigenvalue weighted by molar-refractivity contribution is 5.86. The number of hydrogen-bond donors (Lipinski definition) is 1. The van der Waals surface area contributed by atoms with Crippen molar-refractivity contribution in [2.24, 2.45) is 0 Å². The molecule has 0 aliphatic rings. The number of hydrogen-bond acceptors (Lipinski definition) is 2. The van der Waals surface area contributed by atoms with Crippen molar-refractivity contribution in [2.75, 3.05) is 6.54 Å². The van der Waals surface area contributed by atoms with Crippen LogP contribution in [-0.4, -0.2) is 22.2 Å². The fourth-order valence-electron chi connectivity index (χ4n) is 2.95. The number of aryl methyl sites for hydroxylation is 2. The Morgan fingerprint density at radius 2 is 1.83 bits per heavy atom. The van der Waals surface area contributed by atoms with Gasteiger partial charge in [-0.2, -0.15) is 5.10 Å².